The molecule has 138 valence electrons. The molecule has 3 atom stereocenters. The molecule has 6 heteroatoms. The lowest BCUT2D eigenvalue weighted by atomic mass is 10.0. The Morgan fingerprint density at radius 2 is 2.00 bits per heavy atom. The first-order valence-electron chi connectivity index (χ1n) is 9.14. The SMILES string of the molecule is CN=C(NC[C@H](c1ccc(OC)cc1)N1CCOCC1)N[C@@H]1C[C@H]1C. The molecule has 3 rings (SSSR count). The Morgan fingerprint density at radius 1 is 1.32 bits per heavy atom. The third kappa shape index (κ3) is 4.86. The van der Waals surface area contributed by atoms with E-state index in [-0.39, 0.29) is 6.04 Å². The molecule has 1 aliphatic heterocycles. The van der Waals surface area contributed by atoms with Gasteiger partial charge in [0.1, 0.15) is 5.75 Å². The number of nitrogens with one attached hydrogen (secondary N) is 2. The van der Waals surface area contributed by atoms with Crippen LogP contribution < -0.4 is 15.4 Å². The first-order valence-corrected chi connectivity index (χ1v) is 9.14. The molecule has 1 aromatic rings. The number of rotatable bonds is 6. The van der Waals surface area contributed by atoms with Gasteiger partial charge in [-0.1, -0.05) is 19.1 Å². The van der Waals surface area contributed by atoms with Crippen LogP contribution in [0.4, 0.5) is 0 Å². The number of guanidine groups is 1. The van der Waals surface area contributed by atoms with Gasteiger partial charge < -0.3 is 20.1 Å². The van der Waals surface area contributed by atoms with Gasteiger partial charge in [0.05, 0.1) is 26.4 Å². The van der Waals surface area contributed by atoms with Crippen molar-refractivity contribution in [2.75, 3.05) is 47.0 Å². The van der Waals surface area contributed by atoms with Gasteiger partial charge in [-0.3, -0.25) is 9.89 Å². The van der Waals surface area contributed by atoms with E-state index in [0.717, 1.165) is 50.5 Å². The number of morpholine rings is 1. The first kappa shape index (κ1) is 18.0. The molecule has 0 spiro atoms. The number of ether oxygens (including phenoxy) is 2. The minimum Gasteiger partial charge on any atom is -0.497 e. The second kappa shape index (κ2) is 8.54. The van der Waals surface area contributed by atoms with Gasteiger partial charge in [-0.15, -0.1) is 0 Å². The van der Waals surface area contributed by atoms with E-state index in [1.807, 2.05) is 19.2 Å². The van der Waals surface area contributed by atoms with E-state index in [1.165, 1.54) is 12.0 Å². The molecule has 0 unspecified atom stereocenters. The van der Waals surface area contributed by atoms with E-state index in [0.29, 0.717) is 6.04 Å². The summed E-state index contributed by atoms with van der Waals surface area (Å²) in [5.74, 6) is 2.52. The summed E-state index contributed by atoms with van der Waals surface area (Å²) >= 11 is 0. The molecule has 1 heterocycles. The van der Waals surface area contributed by atoms with Crippen LogP contribution >= 0.6 is 0 Å². The van der Waals surface area contributed by atoms with Gasteiger partial charge >= 0.3 is 0 Å². The van der Waals surface area contributed by atoms with Crippen molar-refractivity contribution in [3.8, 4) is 5.75 Å². The van der Waals surface area contributed by atoms with E-state index in [1.54, 1.807) is 7.11 Å². The number of hydrogen-bond acceptors (Lipinski definition) is 4. The largest absolute Gasteiger partial charge is 0.497 e. The van der Waals surface area contributed by atoms with Crippen LogP contribution in [0.15, 0.2) is 29.3 Å². The van der Waals surface area contributed by atoms with Gasteiger partial charge in [-0.05, 0) is 30.0 Å². The lowest BCUT2D eigenvalue weighted by Crippen LogP contribution is -2.46. The van der Waals surface area contributed by atoms with Gasteiger partial charge in [-0.2, -0.15) is 0 Å². The molecule has 2 fully saturated rings. The van der Waals surface area contributed by atoms with Crippen molar-refractivity contribution in [3.63, 3.8) is 0 Å². The number of methoxy groups -OCH3 is 1. The average Bonchev–Trinajstić information content (AvgIpc) is 3.37. The van der Waals surface area contributed by atoms with Gasteiger partial charge in [0.2, 0.25) is 0 Å². The summed E-state index contributed by atoms with van der Waals surface area (Å²) < 4.78 is 10.8. The van der Waals surface area contributed by atoms with Crippen molar-refractivity contribution in [3.05, 3.63) is 29.8 Å². The zero-order valence-electron chi connectivity index (χ0n) is 15.5. The second-order valence-electron chi connectivity index (χ2n) is 6.85. The highest BCUT2D eigenvalue weighted by molar-refractivity contribution is 5.80. The predicted molar refractivity (Wildman–Crippen MR) is 100 cm³/mol. The van der Waals surface area contributed by atoms with Gasteiger partial charge in [0, 0.05) is 32.7 Å². The van der Waals surface area contributed by atoms with Crippen LogP contribution in [0.3, 0.4) is 0 Å². The number of benzene rings is 1. The van der Waals surface area contributed by atoms with E-state index in [2.05, 4.69) is 39.6 Å². The quantitative estimate of drug-likeness (QED) is 0.606. The minimum absolute atomic E-state index is 0.282. The monoisotopic (exact) mass is 346 g/mol. The molecule has 0 radical (unpaired) electrons. The summed E-state index contributed by atoms with van der Waals surface area (Å²) in [4.78, 5) is 6.85. The molecule has 6 nitrogen and oxygen atoms in total. The van der Waals surface area contributed by atoms with Crippen LogP contribution in [0.2, 0.25) is 0 Å². The molecular formula is C19H30N4O2. The molecule has 1 aromatic carbocycles. The summed E-state index contributed by atoms with van der Waals surface area (Å²) in [6.07, 6.45) is 1.23. The highest BCUT2D eigenvalue weighted by Gasteiger charge is 2.33. The Morgan fingerprint density at radius 3 is 2.56 bits per heavy atom. The van der Waals surface area contributed by atoms with E-state index >= 15 is 0 Å². The van der Waals surface area contributed by atoms with Gasteiger partial charge in [0.15, 0.2) is 5.96 Å². The van der Waals surface area contributed by atoms with Crippen LogP contribution in [0, 0.1) is 5.92 Å². The smallest absolute Gasteiger partial charge is 0.191 e. The zero-order chi connectivity index (χ0) is 17.6. The summed E-state index contributed by atoms with van der Waals surface area (Å²) in [5, 5.41) is 7.01. The summed E-state index contributed by atoms with van der Waals surface area (Å²) in [7, 11) is 3.53. The second-order valence-corrected chi connectivity index (χ2v) is 6.85. The van der Waals surface area contributed by atoms with Crippen molar-refractivity contribution < 1.29 is 9.47 Å². The van der Waals surface area contributed by atoms with Crippen molar-refractivity contribution in [1.82, 2.24) is 15.5 Å². The highest BCUT2D eigenvalue weighted by atomic mass is 16.5. The number of aliphatic imine (C=N–C) groups is 1. The van der Waals surface area contributed by atoms with E-state index < -0.39 is 0 Å². The summed E-state index contributed by atoms with van der Waals surface area (Å²) in [6.45, 7) is 6.55. The maximum Gasteiger partial charge on any atom is 0.191 e. The predicted octanol–water partition coefficient (Wildman–Crippen LogP) is 1.64. The van der Waals surface area contributed by atoms with Crippen LogP contribution in [-0.4, -0.2) is 63.9 Å². The topological polar surface area (TPSA) is 58.1 Å². The Kier molecular flexibility index (Phi) is 6.15. The normalized spacial score (nSPS) is 25.3. The zero-order valence-corrected chi connectivity index (χ0v) is 15.5. The maximum atomic E-state index is 5.52. The molecule has 1 saturated carbocycles. The van der Waals surface area contributed by atoms with Crippen molar-refractivity contribution in [1.29, 1.82) is 0 Å². The molecule has 0 aromatic heterocycles. The maximum absolute atomic E-state index is 5.52. The average molecular weight is 346 g/mol. The van der Waals surface area contributed by atoms with Crippen LogP contribution in [0.25, 0.3) is 0 Å². The Balaban J connectivity index is 1.66. The lowest BCUT2D eigenvalue weighted by molar-refractivity contribution is 0.0170. The van der Waals surface area contributed by atoms with Gasteiger partial charge in [-0.25, -0.2) is 0 Å². The van der Waals surface area contributed by atoms with Crippen LogP contribution in [0.1, 0.15) is 24.9 Å². The third-order valence-electron chi connectivity index (χ3n) is 5.11. The van der Waals surface area contributed by atoms with Crippen molar-refractivity contribution in [2.45, 2.75) is 25.4 Å². The molecule has 25 heavy (non-hydrogen) atoms. The van der Waals surface area contributed by atoms with Crippen molar-refractivity contribution in [2.24, 2.45) is 10.9 Å². The Hall–Kier alpha value is -1.79. The molecule has 1 aliphatic carbocycles. The molecule has 1 saturated heterocycles. The van der Waals surface area contributed by atoms with E-state index in [4.69, 9.17) is 9.47 Å². The van der Waals surface area contributed by atoms with Gasteiger partial charge in [0.25, 0.3) is 0 Å². The number of nitrogens with zero attached hydrogens (tertiary/aromatic N) is 2. The first-order chi connectivity index (χ1) is 12.2. The standard InChI is InChI=1S/C19H30N4O2/c1-14-12-17(14)22-19(20-2)21-13-18(23-8-10-25-11-9-23)15-4-6-16(24-3)7-5-15/h4-7,14,17-18H,8-13H2,1-3H3,(H2,20,21,22)/t14-,17-,18-/m1/s1. The minimum atomic E-state index is 0.282. The Labute approximate surface area is 150 Å². The fourth-order valence-corrected chi connectivity index (χ4v) is 3.26. The van der Waals surface area contributed by atoms with Crippen LogP contribution in [0.5, 0.6) is 5.75 Å². The molecular weight excluding hydrogens is 316 g/mol. The van der Waals surface area contributed by atoms with E-state index in [9.17, 15) is 0 Å². The fourth-order valence-electron chi connectivity index (χ4n) is 3.26. The molecule has 2 aliphatic rings. The highest BCUT2D eigenvalue weighted by Crippen LogP contribution is 2.29. The molecule has 2 N–H and O–H groups in total. The summed E-state index contributed by atoms with van der Waals surface area (Å²) in [5.41, 5.74) is 1.28. The Bertz CT molecular complexity index is 569. The lowest BCUT2D eigenvalue weighted by Gasteiger charge is -2.35. The fraction of sp³-hybridized carbons (Fsp3) is 0.632. The summed E-state index contributed by atoms with van der Waals surface area (Å²) in [6, 6.07) is 9.21. The number of hydrogen-bond donors (Lipinski definition) is 2. The van der Waals surface area contributed by atoms with Crippen molar-refractivity contribution >= 4 is 5.96 Å². The van der Waals surface area contributed by atoms with Crippen LogP contribution in [-0.2, 0) is 4.74 Å². The third-order valence-corrected chi connectivity index (χ3v) is 5.11. The molecule has 0 bridgehead atoms. The molecule has 0 amide bonds.